The van der Waals surface area contributed by atoms with Crippen molar-refractivity contribution in [1.82, 2.24) is 10.3 Å². The summed E-state index contributed by atoms with van der Waals surface area (Å²) < 4.78 is 18.4. The number of anilines is 1. The Bertz CT molecular complexity index is 447. The van der Waals surface area contributed by atoms with Crippen LogP contribution in [0.5, 0.6) is 0 Å². The molecule has 0 aromatic carbocycles. The molecule has 1 amide bonds. The fourth-order valence-electron chi connectivity index (χ4n) is 1.95. The van der Waals surface area contributed by atoms with Gasteiger partial charge in [0.1, 0.15) is 11.6 Å². The Morgan fingerprint density at radius 2 is 2.39 bits per heavy atom. The minimum absolute atomic E-state index is 0.0366. The van der Waals surface area contributed by atoms with Crippen molar-refractivity contribution in [2.75, 3.05) is 12.3 Å². The Balaban J connectivity index is 1.91. The molecule has 1 fully saturated rings. The van der Waals surface area contributed by atoms with E-state index in [1.54, 1.807) is 0 Å². The number of halogens is 1. The number of pyridine rings is 1. The van der Waals surface area contributed by atoms with Gasteiger partial charge < -0.3 is 15.8 Å². The summed E-state index contributed by atoms with van der Waals surface area (Å²) in [6.07, 6.45) is 2.76. The van der Waals surface area contributed by atoms with Crippen molar-refractivity contribution >= 4 is 11.7 Å². The van der Waals surface area contributed by atoms with Gasteiger partial charge in [-0.05, 0) is 25.8 Å². The number of hydrogen-bond acceptors (Lipinski definition) is 4. The van der Waals surface area contributed by atoms with Gasteiger partial charge >= 0.3 is 0 Å². The zero-order valence-corrected chi connectivity index (χ0v) is 10.1. The molecule has 98 valence electrons. The quantitative estimate of drug-likeness (QED) is 0.842. The van der Waals surface area contributed by atoms with Crippen LogP contribution in [0.15, 0.2) is 12.3 Å². The standard InChI is InChI=1S/C12H16FN3O2/c1-2-18-9-4-8(5-9)16-12(17)10-3-7(13)6-15-11(10)14/h3,6,8-9H,2,4-5H2,1H3,(H2,14,15)(H,16,17). The SMILES string of the molecule is CCOC1CC(NC(=O)c2cc(F)cnc2N)C1. The van der Waals surface area contributed by atoms with E-state index in [9.17, 15) is 9.18 Å². The molecule has 1 aliphatic rings. The Labute approximate surface area is 105 Å². The van der Waals surface area contributed by atoms with Crippen LogP contribution in [-0.4, -0.2) is 29.6 Å². The van der Waals surface area contributed by atoms with Crippen LogP contribution in [0.25, 0.3) is 0 Å². The van der Waals surface area contributed by atoms with Gasteiger partial charge in [0.15, 0.2) is 0 Å². The molecule has 1 aromatic heterocycles. The van der Waals surface area contributed by atoms with Crippen LogP contribution in [0.1, 0.15) is 30.1 Å². The van der Waals surface area contributed by atoms with Crippen molar-refractivity contribution in [3.05, 3.63) is 23.6 Å². The van der Waals surface area contributed by atoms with E-state index in [-0.39, 0.29) is 29.4 Å². The molecule has 1 heterocycles. The molecule has 3 N–H and O–H groups in total. The molecular formula is C12H16FN3O2. The van der Waals surface area contributed by atoms with Crippen molar-refractivity contribution in [1.29, 1.82) is 0 Å². The van der Waals surface area contributed by atoms with Gasteiger partial charge in [-0.1, -0.05) is 0 Å². The van der Waals surface area contributed by atoms with Crippen molar-refractivity contribution in [2.24, 2.45) is 0 Å². The van der Waals surface area contributed by atoms with Crippen molar-refractivity contribution in [3.8, 4) is 0 Å². The summed E-state index contributed by atoms with van der Waals surface area (Å²) in [6.45, 7) is 2.61. The predicted octanol–water partition coefficient (Wildman–Crippen LogP) is 1.10. The molecule has 0 bridgehead atoms. The summed E-state index contributed by atoms with van der Waals surface area (Å²) in [6, 6.07) is 1.16. The van der Waals surface area contributed by atoms with E-state index in [1.807, 2.05) is 6.92 Å². The molecule has 1 saturated carbocycles. The van der Waals surface area contributed by atoms with Crippen LogP contribution in [0.2, 0.25) is 0 Å². The first kappa shape index (κ1) is 12.8. The molecule has 5 nitrogen and oxygen atoms in total. The van der Waals surface area contributed by atoms with Gasteiger partial charge in [-0.2, -0.15) is 0 Å². The lowest BCUT2D eigenvalue weighted by Gasteiger charge is -2.35. The van der Waals surface area contributed by atoms with E-state index in [0.717, 1.165) is 25.1 Å². The second-order valence-electron chi connectivity index (χ2n) is 4.31. The number of carbonyl (C=O) groups is 1. The molecule has 6 heteroatoms. The number of nitrogens with two attached hydrogens (primary N) is 1. The highest BCUT2D eigenvalue weighted by atomic mass is 19.1. The molecular weight excluding hydrogens is 237 g/mol. The first-order valence-electron chi connectivity index (χ1n) is 5.93. The third-order valence-corrected chi connectivity index (χ3v) is 2.96. The minimum Gasteiger partial charge on any atom is -0.383 e. The van der Waals surface area contributed by atoms with Crippen molar-refractivity contribution < 1.29 is 13.9 Å². The highest BCUT2D eigenvalue weighted by Gasteiger charge is 2.31. The number of nitrogens with zero attached hydrogens (tertiary/aromatic N) is 1. The zero-order valence-electron chi connectivity index (χ0n) is 10.1. The largest absolute Gasteiger partial charge is 0.383 e. The second-order valence-corrected chi connectivity index (χ2v) is 4.31. The maximum atomic E-state index is 13.0. The first-order chi connectivity index (χ1) is 8.60. The van der Waals surface area contributed by atoms with Gasteiger partial charge in [0.2, 0.25) is 0 Å². The second kappa shape index (κ2) is 5.30. The Hall–Kier alpha value is -1.69. The maximum absolute atomic E-state index is 13.0. The number of ether oxygens (including phenoxy) is 1. The molecule has 1 aliphatic carbocycles. The molecule has 0 aliphatic heterocycles. The highest BCUT2D eigenvalue weighted by Crippen LogP contribution is 2.23. The fraction of sp³-hybridized carbons (Fsp3) is 0.500. The minimum atomic E-state index is -0.574. The van der Waals surface area contributed by atoms with Crippen LogP contribution < -0.4 is 11.1 Å². The summed E-state index contributed by atoms with van der Waals surface area (Å²) >= 11 is 0. The smallest absolute Gasteiger partial charge is 0.255 e. The van der Waals surface area contributed by atoms with Gasteiger partial charge in [0, 0.05) is 12.6 Å². The molecule has 1 aromatic rings. The molecule has 0 unspecified atom stereocenters. The number of rotatable bonds is 4. The van der Waals surface area contributed by atoms with Crippen LogP contribution in [0, 0.1) is 5.82 Å². The average Bonchev–Trinajstić information content (AvgIpc) is 2.29. The van der Waals surface area contributed by atoms with Gasteiger partial charge in [-0.3, -0.25) is 4.79 Å². The predicted molar refractivity (Wildman–Crippen MR) is 64.5 cm³/mol. The topological polar surface area (TPSA) is 77.2 Å². The molecule has 0 saturated heterocycles. The normalized spacial score (nSPS) is 22.3. The van der Waals surface area contributed by atoms with Gasteiger partial charge in [-0.15, -0.1) is 0 Å². The average molecular weight is 253 g/mol. The Kier molecular flexibility index (Phi) is 3.76. The number of hydrogen-bond donors (Lipinski definition) is 2. The zero-order chi connectivity index (χ0) is 13.1. The van der Waals surface area contributed by atoms with Gasteiger partial charge in [-0.25, -0.2) is 9.37 Å². The molecule has 0 atom stereocenters. The van der Waals surface area contributed by atoms with E-state index in [2.05, 4.69) is 10.3 Å². The van der Waals surface area contributed by atoms with E-state index in [4.69, 9.17) is 10.5 Å². The van der Waals surface area contributed by atoms with Gasteiger partial charge in [0.05, 0.1) is 17.9 Å². The molecule has 0 radical (unpaired) electrons. The Morgan fingerprint density at radius 3 is 3.06 bits per heavy atom. The van der Waals surface area contributed by atoms with Crippen LogP contribution >= 0.6 is 0 Å². The molecule has 2 rings (SSSR count). The number of carbonyl (C=O) groups excluding carboxylic acids is 1. The van der Waals surface area contributed by atoms with E-state index < -0.39 is 5.82 Å². The summed E-state index contributed by atoms with van der Waals surface area (Å²) in [5.41, 5.74) is 5.62. The monoisotopic (exact) mass is 253 g/mol. The lowest BCUT2D eigenvalue weighted by atomic mass is 9.89. The number of aromatic nitrogens is 1. The van der Waals surface area contributed by atoms with Crippen LogP contribution in [0.4, 0.5) is 10.2 Å². The molecule has 18 heavy (non-hydrogen) atoms. The van der Waals surface area contributed by atoms with E-state index in [0.29, 0.717) is 6.61 Å². The fourth-order valence-corrected chi connectivity index (χ4v) is 1.95. The van der Waals surface area contributed by atoms with Crippen LogP contribution in [0.3, 0.4) is 0 Å². The summed E-state index contributed by atoms with van der Waals surface area (Å²) in [5.74, 6) is -0.927. The number of nitrogen functional groups attached to an aromatic ring is 1. The van der Waals surface area contributed by atoms with Crippen molar-refractivity contribution in [2.45, 2.75) is 31.9 Å². The summed E-state index contributed by atoms with van der Waals surface area (Å²) in [4.78, 5) is 15.5. The third kappa shape index (κ3) is 2.76. The molecule has 0 spiro atoms. The first-order valence-corrected chi connectivity index (χ1v) is 5.93. The lowest BCUT2D eigenvalue weighted by molar-refractivity contribution is -0.00862. The van der Waals surface area contributed by atoms with E-state index in [1.165, 1.54) is 0 Å². The highest BCUT2D eigenvalue weighted by molar-refractivity contribution is 5.98. The number of amides is 1. The third-order valence-electron chi connectivity index (χ3n) is 2.96. The van der Waals surface area contributed by atoms with Crippen LogP contribution in [-0.2, 0) is 4.74 Å². The number of nitrogens with one attached hydrogen (secondary N) is 1. The van der Waals surface area contributed by atoms with Gasteiger partial charge in [0.25, 0.3) is 5.91 Å². The summed E-state index contributed by atoms with van der Waals surface area (Å²) in [7, 11) is 0. The summed E-state index contributed by atoms with van der Waals surface area (Å²) in [5, 5.41) is 2.78. The Morgan fingerprint density at radius 1 is 1.67 bits per heavy atom. The van der Waals surface area contributed by atoms with Crippen molar-refractivity contribution in [3.63, 3.8) is 0 Å². The maximum Gasteiger partial charge on any atom is 0.255 e. The van der Waals surface area contributed by atoms with E-state index >= 15 is 0 Å². The lowest BCUT2D eigenvalue weighted by Crippen LogP contribution is -2.48.